The smallest absolute Gasteiger partial charge is 0.356 e. The highest BCUT2D eigenvalue weighted by Gasteiger charge is 2.22. The van der Waals surface area contributed by atoms with Gasteiger partial charge in [-0.3, -0.25) is 0 Å². The summed E-state index contributed by atoms with van der Waals surface area (Å²) in [6.07, 6.45) is 3.07. The van der Waals surface area contributed by atoms with Crippen LogP contribution in [0.15, 0.2) is 21.6 Å². The molecule has 0 aliphatic rings. The van der Waals surface area contributed by atoms with Crippen molar-refractivity contribution >= 4 is 5.82 Å². The molecular formula is C15H18N6O5. The standard InChI is InChI=1S/C15H18N6O5/c1-7(2)9-5-20(19-18-9)3-8-4-21(15(25)17-13(8)16)14-12(24)11(23)10(6-22)26-14/h4-5,7,22-24H,3,6H2,1-2H3,(H2,16,17,25). The SMILES string of the molecule is CC(C)c1cn(Cc2cn(-c3oc(CO)c(O)c3O)c(=O)nc2N)nn1. The van der Waals surface area contributed by atoms with Gasteiger partial charge >= 0.3 is 5.69 Å². The number of aliphatic hydroxyl groups excluding tert-OH is 1. The highest BCUT2D eigenvalue weighted by Crippen LogP contribution is 2.37. The maximum Gasteiger partial charge on any atom is 0.356 e. The summed E-state index contributed by atoms with van der Waals surface area (Å²) in [5.41, 5.74) is 6.21. The van der Waals surface area contributed by atoms with Crippen molar-refractivity contribution in [2.45, 2.75) is 32.9 Å². The summed E-state index contributed by atoms with van der Waals surface area (Å²) in [6, 6.07) is 0. The van der Waals surface area contributed by atoms with E-state index in [-0.39, 0.29) is 29.9 Å². The molecule has 3 aromatic rings. The molecule has 26 heavy (non-hydrogen) atoms. The first-order valence-electron chi connectivity index (χ1n) is 7.74. The average Bonchev–Trinajstić information content (AvgIpc) is 3.17. The molecule has 0 radical (unpaired) electrons. The van der Waals surface area contributed by atoms with Crippen molar-refractivity contribution < 1.29 is 19.7 Å². The predicted molar refractivity (Wildman–Crippen MR) is 89.0 cm³/mol. The number of rotatable bonds is 5. The molecule has 0 bridgehead atoms. The van der Waals surface area contributed by atoms with Gasteiger partial charge in [0.2, 0.25) is 11.5 Å². The van der Waals surface area contributed by atoms with E-state index in [4.69, 9.17) is 15.3 Å². The molecule has 0 aromatic carbocycles. The molecule has 3 heterocycles. The molecule has 0 saturated carbocycles. The number of hydrogen-bond donors (Lipinski definition) is 4. The molecule has 11 nitrogen and oxygen atoms in total. The monoisotopic (exact) mass is 362 g/mol. The number of nitrogen functional groups attached to an aromatic ring is 1. The Morgan fingerprint density at radius 3 is 2.58 bits per heavy atom. The van der Waals surface area contributed by atoms with Gasteiger partial charge in [0.15, 0.2) is 5.76 Å². The highest BCUT2D eigenvalue weighted by molar-refractivity contribution is 5.52. The number of nitrogens with two attached hydrogens (primary N) is 1. The Hall–Kier alpha value is -3.34. The molecule has 0 saturated heterocycles. The number of aromatic nitrogens is 5. The quantitative estimate of drug-likeness (QED) is 0.491. The molecular weight excluding hydrogens is 344 g/mol. The fraction of sp³-hybridized carbons (Fsp3) is 0.333. The van der Waals surface area contributed by atoms with E-state index in [0.29, 0.717) is 5.56 Å². The van der Waals surface area contributed by atoms with Crippen LogP contribution >= 0.6 is 0 Å². The van der Waals surface area contributed by atoms with E-state index >= 15 is 0 Å². The molecule has 0 aliphatic heterocycles. The summed E-state index contributed by atoms with van der Waals surface area (Å²) in [6.45, 7) is 3.49. The zero-order valence-corrected chi connectivity index (χ0v) is 14.1. The van der Waals surface area contributed by atoms with Gasteiger partial charge in [0.1, 0.15) is 12.4 Å². The van der Waals surface area contributed by atoms with E-state index in [2.05, 4.69) is 15.3 Å². The van der Waals surface area contributed by atoms with Crippen molar-refractivity contribution in [3.8, 4) is 17.4 Å². The maximum absolute atomic E-state index is 12.1. The Morgan fingerprint density at radius 2 is 2.00 bits per heavy atom. The van der Waals surface area contributed by atoms with Crippen LogP contribution in [0.2, 0.25) is 0 Å². The van der Waals surface area contributed by atoms with Gasteiger partial charge in [-0.2, -0.15) is 4.98 Å². The Morgan fingerprint density at radius 1 is 1.27 bits per heavy atom. The average molecular weight is 362 g/mol. The number of aromatic hydroxyl groups is 2. The molecule has 0 aliphatic carbocycles. The number of anilines is 1. The lowest BCUT2D eigenvalue weighted by atomic mass is 10.2. The van der Waals surface area contributed by atoms with Crippen LogP contribution in [-0.4, -0.2) is 39.9 Å². The fourth-order valence-electron chi connectivity index (χ4n) is 2.32. The van der Waals surface area contributed by atoms with Gasteiger partial charge in [-0.05, 0) is 5.92 Å². The van der Waals surface area contributed by atoms with Crippen LogP contribution in [0.25, 0.3) is 5.88 Å². The topological polar surface area (TPSA) is 165 Å². The van der Waals surface area contributed by atoms with Crippen LogP contribution in [-0.2, 0) is 13.2 Å². The Kier molecular flexibility index (Phi) is 4.38. The predicted octanol–water partition coefficient (Wildman–Crippen LogP) is 0.0744. The first-order valence-corrected chi connectivity index (χ1v) is 7.74. The van der Waals surface area contributed by atoms with Crippen molar-refractivity contribution in [3.05, 3.63) is 39.9 Å². The van der Waals surface area contributed by atoms with E-state index in [0.717, 1.165) is 10.3 Å². The molecule has 0 fully saturated rings. The summed E-state index contributed by atoms with van der Waals surface area (Å²) >= 11 is 0. The summed E-state index contributed by atoms with van der Waals surface area (Å²) in [5, 5.41) is 36.8. The maximum atomic E-state index is 12.1. The molecule has 0 spiro atoms. The fourth-order valence-corrected chi connectivity index (χ4v) is 2.32. The number of aliphatic hydroxyl groups is 1. The third kappa shape index (κ3) is 2.99. The minimum absolute atomic E-state index is 0.00880. The van der Waals surface area contributed by atoms with Gasteiger partial charge in [-0.15, -0.1) is 5.10 Å². The van der Waals surface area contributed by atoms with E-state index in [1.165, 1.54) is 10.9 Å². The zero-order valence-electron chi connectivity index (χ0n) is 14.1. The van der Waals surface area contributed by atoms with E-state index in [1.54, 1.807) is 6.20 Å². The normalized spacial score (nSPS) is 11.4. The second-order valence-corrected chi connectivity index (χ2v) is 5.99. The summed E-state index contributed by atoms with van der Waals surface area (Å²) in [7, 11) is 0. The van der Waals surface area contributed by atoms with Gasteiger partial charge < -0.3 is 25.5 Å². The molecule has 5 N–H and O–H groups in total. The second kappa shape index (κ2) is 6.52. The van der Waals surface area contributed by atoms with Crippen molar-refractivity contribution in [2.24, 2.45) is 0 Å². The largest absolute Gasteiger partial charge is 0.502 e. The molecule has 138 valence electrons. The van der Waals surface area contributed by atoms with Crippen LogP contribution in [0, 0.1) is 0 Å². The zero-order chi connectivity index (χ0) is 19.0. The van der Waals surface area contributed by atoms with Crippen molar-refractivity contribution in [2.75, 3.05) is 5.73 Å². The number of furan rings is 1. The molecule has 3 rings (SSSR count). The minimum atomic E-state index is -0.818. The molecule has 3 aromatic heterocycles. The molecule has 0 atom stereocenters. The van der Waals surface area contributed by atoms with Crippen LogP contribution in [0.5, 0.6) is 11.5 Å². The lowest BCUT2D eigenvalue weighted by Gasteiger charge is -2.08. The number of hydrogen-bond acceptors (Lipinski definition) is 9. The van der Waals surface area contributed by atoms with Gasteiger partial charge in [-0.25, -0.2) is 14.0 Å². The first kappa shape index (κ1) is 17.5. The van der Waals surface area contributed by atoms with Crippen LogP contribution < -0.4 is 11.4 Å². The summed E-state index contributed by atoms with van der Waals surface area (Å²) < 4.78 is 7.57. The third-order valence-corrected chi connectivity index (χ3v) is 3.79. The van der Waals surface area contributed by atoms with E-state index in [1.807, 2.05) is 13.8 Å². The van der Waals surface area contributed by atoms with Crippen LogP contribution in [0.4, 0.5) is 5.82 Å². The highest BCUT2D eigenvalue weighted by atomic mass is 16.4. The lowest BCUT2D eigenvalue weighted by molar-refractivity contribution is 0.238. The summed E-state index contributed by atoms with van der Waals surface area (Å²) in [5.74, 6) is -1.78. The van der Waals surface area contributed by atoms with E-state index < -0.39 is 23.8 Å². The first-order chi connectivity index (χ1) is 12.3. The Labute approximate surface area is 146 Å². The van der Waals surface area contributed by atoms with Gasteiger partial charge in [0.25, 0.3) is 5.88 Å². The number of nitrogens with zero attached hydrogens (tertiary/aromatic N) is 5. The Bertz CT molecular complexity index is 1000. The lowest BCUT2D eigenvalue weighted by Crippen LogP contribution is -2.24. The van der Waals surface area contributed by atoms with Crippen molar-refractivity contribution in [1.82, 2.24) is 24.5 Å². The van der Waals surface area contributed by atoms with Crippen LogP contribution in [0.1, 0.15) is 36.8 Å². The van der Waals surface area contributed by atoms with Crippen molar-refractivity contribution in [1.29, 1.82) is 0 Å². The van der Waals surface area contributed by atoms with Gasteiger partial charge in [-0.1, -0.05) is 19.1 Å². The van der Waals surface area contributed by atoms with Crippen molar-refractivity contribution in [3.63, 3.8) is 0 Å². The summed E-state index contributed by atoms with van der Waals surface area (Å²) in [4.78, 5) is 15.8. The third-order valence-electron chi connectivity index (χ3n) is 3.79. The molecule has 11 heteroatoms. The molecule has 0 unspecified atom stereocenters. The molecule has 0 amide bonds. The van der Waals surface area contributed by atoms with Gasteiger partial charge in [0, 0.05) is 18.0 Å². The van der Waals surface area contributed by atoms with Crippen LogP contribution in [0.3, 0.4) is 0 Å². The minimum Gasteiger partial charge on any atom is -0.502 e. The Balaban J connectivity index is 2.03. The second-order valence-electron chi connectivity index (χ2n) is 5.99. The van der Waals surface area contributed by atoms with Gasteiger partial charge in [0.05, 0.1) is 12.2 Å². The van der Waals surface area contributed by atoms with E-state index in [9.17, 15) is 15.0 Å².